The molecule has 6 rings (SSSR count). The Balaban J connectivity index is 1.26. The number of nitrogens with zero attached hydrogens (tertiary/aromatic N) is 2. The van der Waals surface area contributed by atoms with E-state index < -0.39 is 21.2 Å². The van der Waals surface area contributed by atoms with E-state index in [1.165, 1.54) is 38.5 Å². The van der Waals surface area contributed by atoms with E-state index in [4.69, 9.17) is 4.74 Å². The molecular weight excluding hydrogens is 438 g/mol. The molecule has 1 unspecified atom stereocenters. The molecule has 1 amide bonds. The fourth-order valence-electron chi connectivity index (χ4n) is 6.79. The largest absolute Gasteiger partial charge is 0.457 e. The third-order valence-corrected chi connectivity index (χ3v) is 8.00. The van der Waals surface area contributed by atoms with Gasteiger partial charge in [-0.25, -0.2) is 0 Å². The molecule has 0 aliphatic heterocycles. The molecule has 2 aromatic rings. The number of ether oxygens (including phenoxy) is 1. The fraction of sp³-hybridized carbons (Fsp3) is 0.480. The maximum absolute atomic E-state index is 13.0. The molecule has 4 bridgehead atoms. The highest BCUT2D eigenvalue weighted by atomic mass is 16.6. The van der Waals surface area contributed by atoms with Crippen LogP contribution in [0.4, 0.5) is 11.4 Å². The SMILES string of the molecule is CC(NC(=O)c1ccc(Oc2cc([N+](=O)[O-])cc([N+](=O)[O-])c2)cc1)C12CC3CC(CC(C3)C1)C2. The van der Waals surface area contributed by atoms with Gasteiger partial charge in [0, 0.05) is 11.6 Å². The van der Waals surface area contributed by atoms with Crippen molar-refractivity contribution < 1.29 is 19.4 Å². The zero-order valence-electron chi connectivity index (χ0n) is 18.9. The average Bonchev–Trinajstić information content (AvgIpc) is 2.78. The van der Waals surface area contributed by atoms with E-state index in [-0.39, 0.29) is 23.1 Å². The summed E-state index contributed by atoms with van der Waals surface area (Å²) in [6.45, 7) is 2.14. The van der Waals surface area contributed by atoms with E-state index in [2.05, 4.69) is 12.2 Å². The second-order valence-electron chi connectivity index (χ2n) is 10.3. The van der Waals surface area contributed by atoms with E-state index in [1.807, 2.05) is 0 Å². The van der Waals surface area contributed by atoms with Crippen molar-refractivity contribution in [2.24, 2.45) is 23.2 Å². The van der Waals surface area contributed by atoms with Crippen LogP contribution < -0.4 is 10.1 Å². The number of hydrogen-bond donors (Lipinski definition) is 1. The van der Waals surface area contributed by atoms with E-state index in [9.17, 15) is 25.0 Å². The van der Waals surface area contributed by atoms with Crippen molar-refractivity contribution in [1.82, 2.24) is 5.32 Å². The Morgan fingerprint density at radius 3 is 1.88 bits per heavy atom. The van der Waals surface area contributed by atoms with E-state index in [0.717, 1.165) is 36.0 Å². The number of carbonyl (C=O) groups is 1. The molecule has 0 radical (unpaired) electrons. The van der Waals surface area contributed by atoms with Crippen LogP contribution in [0, 0.1) is 43.4 Å². The molecule has 1 atom stereocenters. The molecule has 4 saturated carbocycles. The molecule has 4 aliphatic carbocycles. The summed E-state index contributed by atoms with van der Waals surface area (Å²) in [4.78, 5) is 33.7. The van der Waals surface area contributed by atoms with Gasteiger partial charge in [0.25, 0.3) is 17.3 Å². The van der Waals surface area contributed by atoms with Crippen LogP contribution in [0.2, 0.25) is 0 Å². The minimum absolute atomic E-state index is 0.0199. The first-order valence-electron chi connectivity index (χ1n) is 11.7. The molecule has 9 nitrogen and oxygen atoms in total. The van der Waals surface area contributed by atoms with Crippen LogP contribution in [-0.2, 0) is 0 Å². The monoisotopic (exact) mass is 465 g/mol. The number of non-ortho nitro benzene ring substituents is 2. The first-order chi connectivity index (χ1) is 16.2. The van der Waals surface area contributed by atoms with Crippen molar-refractivity contribution >= 4 is 17.3 Å². The third-order valence-electron chi connectivity index (χ3n) is 8.00. The lowest BCUT2D eigenvalue weighted by Gasteiger charge is -2.59. The third kappa shape index (κ3) is 4.22. The summed E-state index contributed by atoms with van der Waals surface area (Å²) in [5, 5.41) is 25.4. The molecule has 34 heavy (non-hydrogen) atoms. The van der Waals surface area contributed by atoms with Gasteiger partial charge in [-0.2, -0.15) is 0 Å². The summed E-state index contributed by atoms with van der Waals surface area (Å²) in [5.41, 5.74) is -0.156. The van der Waals surface area contributed by atoms with Gasteiger partial charge in [-0.15, -0.1) is 0 Å². The molecule has 0 heterocycles. The molecule has 0 spiro atoms. The number of carbonyl (C=O) groups excluding carboxylic acids is 1. The van der Waals surface area contributed by atoms with E-state index in [1.54, 1.807) is 24.3 Å². The Bertz CT molecular complexity index is 1080. The maximum Gasteiger partial charge on any atom is 0.280 e. The first-order valence-corrected chi connectivity index (χ1v) is 11.7. The van der Waals surface area contributed by atoms with Crippen LogP contribution in [0.15, 0.2) is 42.5 Å². The van der Waals surface area contributed by atoms with Crippen LogP contribution in [0.1, 0.15) is 55.8 Å². The summed E-state index contributed by atoms with van der Waals surface area (Å²) in [5.74, 6) is 2.60. The van der Waals surface area contributed by atoms with Gasteiger partial charge in [0.2, 0.25) is 0 Å². The van der Waals surface area contributed by atoms with Crippen molar-refractivity contribution in [3.05, 3.63) is 68.3 Å². The molecule has 0 aromatic heterocycles. The first kappa shape index (κ1) is 22.3. The number of rotatable bonds is 7. The number of nitrogens with one attached hydrogen (secondary N) is 1. The highest BCUT2D eigenvalue weighted by Crippen LogP contribution is 2.61. The second kappa shape index (κ2) is 8.38. The summed E-state index contributed by atoms with van der Waals surface area (Å²) in [7, 11) is 0. The number of nitro benzene ring substituents is 2. The van der Waals surface area contributed by atoms with E-state index >= 15 is 0 Å². The van der Waals surface area contributed by atoms with Crippen LogP contribution in [0.25, 0.3) is 0 Å². The summed E-state index contributed by atoms with van der Waals surface area (Å²) in [6.07, 6.45) is 7.70. The Morgan fingerprint density at radius 2 is 1.41 bits per heavy atom. The van der Waals surface area contributed by atoms with Gasteiger partial charge in [-0.3, -0.25) is 25.0 Å². The topological polar surface area (TPSA) is 125 Å². The normalized spacial score (nSPS) is 27.7. The van der Waals surface area contributed by atoms with Crippen LogP contribution in [-0.4, -0.2) is 21.8 Å². The predicted molar refractivity (Wildman–Crippen MR) is 124 cm³/mol. The molecule has 0 saturated heterocycles. The van der Waals surface area contributed by atoms with Crippen molar-refractivity contribution in [3.63, 3.8) is 0 Å². The van der Waals surface area contributed by atoms with Crippen molar-refractivity contribution in [2.45, 2.75) is 51.5 Å². The van der Waals surface area contributed by atoms with Crippen molar-refractivity contribution in [2.75, 3.05) is 0 Å². The maximum atomic E-state index is 13.0. The van der Waals surface area contributed by atoms with Gasteiger partial charge >= 0.3 is 0 Å². The Morgan fingerprint density at radius 1 is 0.912 bits per heavy atom. The molecular formula is C25H27N3O6. The van der Waals surface area contributed by atoms with Crippen LogP contribution in [0.3, 0.4) is 0 Å². The van der Waals surface area contributed by atoms with Gasteiger partial charge < -0.3 is 10.1 Å². The summed E-state index contributed by atoms with van der Waals surface area (Å²) in [6, 6.07) is 9.65. The average molecular weight is 466 g/mol. The smallest absolute Gasteiger partial charge is 0.280 e. The highest BCUT2D eigenvalue weighted by molar-refractivity contribution is 5.94. The quantitative estimate of drug-likeness (QED) is 0.417. The number of benzene rings is 2. The van der Waals surface area contributed by atoms with Gasteiger partial charge in [0.1, 0.15) is 11.5 Å². The Labute approximate surface area is 196 Å². The number of nitro groups is 2. The molecule has 178 valence electrons. The van der Waals surface area contributed by atoms with Gasteiger partial charge in [0.05, 0.1) is 28.0 Å². The molecule has 2 aromatic carbocycles. The zero-order chi connectivity index (χ0) is 24.0. The van der Waals surface area contributed by atoms with Crippen molar-refractivity contribution in [1.29, 1.82) is 0 Å². The second-order valence-corrected chi connectivity index (χ2v) is 10.3. The van der Waals surface area contributed by atoms with Crippen LogP contribution >= 0.6 is 0 Å². The molecule has 1 N–H and O–H groups in total. The lowest BCUT2D eigenvalue weighted by Crippen LogP contribution is -2.55. The fourth-order valence-corrected chi connectivity index (χ4v) is 6.79. The predicted octanol–water partition coefficient (Wildman–Crippen LogP) is 5.63. The van der Waals surface area contributed by atoms with Gasteiger partial charge in [-0.05, 0) is 92.9 Å². The minimum atomic E-state index is -0.710. The molecule has 4 fully saturated rings. The van der Waals surface area contributed by atoms with E-state index in [0.29, 0.717) is 11.3 Å². The lowest BCUT2D eigenvalue weighted by atomic mass is 9.48. The van der Waals surface area contributed by atoms with Gasteiger partial charge in [0.15, 0.2) is 0 Å². The van der Waals surface area contributed by atoms with Gasteiger partial charge in [-0.1, -0.05) is 0 Å². The Kier molecular flexibility index (Phi) is 5.50. The standard InChI is InChI=1S/C25H27N3O6/c1-15(25-12-16-6-17(13-25)8-18(7-16)14-25)26-24(29)19-2-4-22(5-3-19)34-23-10-20(27(30)31)9-21(11-23)28(32)33/h2-5,9-11,15-18H,6-8,12-14H2,1H3,(H,26,29). The van der Waals surface area contributed by atoms with Crippen molar-refractivity contribution in [3.8, 4) is 11.5 Å². The molecule has 4 aliphatic rings. The summed E-state index contributed by atoms with van der Waals surface area (Å²) < 4.78 is 5.60. The summed E-state index contributed by atoms with van der Waals surface area (Å²) >= 11 is 0. The lowest BCUT2D eigenvalue weighted by molar-refractivity contribution is -0.394. The van der Waals surface area contributed by atoms with Crippen LogP contribution in [0.5, 0.6) is 11.5 Å². The molecule has 9 heteroatoms. The number of amides is 1. The Hall–Kier alpha value is -3.49. The number of hydrogen-bond acceptors (Lipinski definition) is 6. The zero-order valence-corrected chi connectivity index (χ0v) is 18.9. The minimum Gasteiger partial charge on any atom is -0.457 e. The highest BCUT2D eigenvalue weighted by Gasteiger charge is 2.53.